The van der Waals surface area contributed by atoms with Gasteiger partial charge in [0.2, 0.25) is 5.91 Å². The van der Waals surface area contributed by atoms with Crippen molar-refractivity contribution in [3.8, 4) is 11.1 Å². The minimum absolute atomic E-state index is 0.0370. The number of hydrogen-bond donors (Lipinski definition) is 3. The van der Waals surface area contributed by atoms with Gasteiger partial charge in [-0.2, -0.15) is 0 Å². The van der Waals surface area contributed by atoms with Crippen LogP contribution in [0.25, 0.3) is 11.1 Å². The third kappa shape index (κ3) is 5.05. The number of hydrogen-bond acceptors (Lipinski definition) is 3. The Hall–Kier alpha value is -4.07. The van der Waals surface area contributed by atoms with E-state index in [0.29, 0.717) is 6.54 Å². The van der Waals surface area contributed by atoms with Crippen molar-refractivity contribution in [2.45, 2.75) is 13.0 Å². The van der Waals surface area contributed by atoms with Gasteiger partial charge in [-0.1, -0.05) is 0 Å². The molecule has 0 aliphatic rings. The van der Waals surface area contributed by atoms with Crippen LogP contribution in [0.5, 0.6) is 0 Å². The first-order chi connectivity index (χ1) is 14.3. The first-order valence-electron chi connectivity index (χ1n) is 9.19. The Morgan fingerprint density at radius 3 is 2.03 bits per heavy atom. The first-order valence-corrected chi connectivity index (χ1v) is 9.19. The van der Waals surface area contributed by atoms with Gasteiger partial charge in [0.05, 0.1) is 23.2 Å². The lowest BCUT2D eigenvalue weighted by atomic mass is 10.1. The van der Waals surface area contributed by atoms with Gasteiger partial charge in [-0.25, -0.2) is 18.7 Å². The number of anilines is 1. The summed E-state index contributed by atoms with van der Waals surface area (Å²) in [5.41, 5.74) is 1.83. The van der Waals surface area contributed by atoms with E-state index in [2.05, 4.69) is 5.32 Å². The average molecular weight is 407 g/mol. The van der Waals surface area contributed by atoms with E-state index in [-0.39, 0.29) is 23.2 Å². The number of carboxylic acid groups (broad SMARTS) is 2. The van der Waals surface area contributed by atoms with Gasteiger partial charge >= 0.3 is 11.9 Å². The Morgan fingerprint density at radius 2 is 1.47 bits per heavy atom. The summed E-state index contributed by atoms with van der Waals surface area (Å²) in [6.45, 7) is 0.386. The minimum atomic E-state index is -1.25. The van der Waals surface area contributed by atoms with E-state index in [4.69, 9.17) is 5.11 Å². The molecule has 3 N–H and O–H groups in total. The smallest absolute Gasteiger partial charge is 0.337 e. The van der Waals surface area contributed by atoms with Crippen molar-refractivity contribution in [2.75, 3.05) is 5.32 Å². The van der Waals surface area contributed by atoms with Crippen LogP contribution in [0.2, 0.25) is 0 Å². The maximum absolute atomic E-state index is 12.3. The Morgan fingerprint density at radius 1 is 0.867 bits per heavy atom. The average Bonchev–Trinajstić information content (AvgIpc) is 2.73. The van der Waals surface area contributed by atoms with E-state index in [9.17, 15) is 19.5 Å². The molecule has 0 radical (unpaired) electrons. The van der Waals surface area contributed by atoms with Crippen LogP contribution in [0.15, 0.2) is 67.3 Å². The number of amides is 1. The Bertz CT molecular complexity index is 1090. The largest absolute Gasteiger partial charge is 0.478 e. The van der Waals surface area contributed by atoms with Gasteiger partial charge in [0.1, 0.15) is 7.05 Å². The third-order valence-electron chi connectivity index (χ3n) is 4.57. The highest BCUT2D eigenvalue weighted by atomic mass is 16.4. The highest BCUT2D eigenvalue weighted by molar-refractivity contribution is 6.02. The Kier molecular flexibility index (Phi) is 6.17. The zero-order chi connectivity index (χ0) is 21.7. The predicted octanol–water partition coefficient (Wildman–Crippen LogP) is 1.89. The molecule has 2 aromatic heterocycles. The lowest BCUT2D eigenvalue weighted by molar-refractivity contribution is -0.695. The van der Waals surface area contributed by atoms with Crippen LogP contribution in [0, 0.1) is 0 Å². The summed E-state index contributed by atoms with van der Waals surface area (Å²) in [7, 11) is 1.95. The summed E-state index contributed by atoms with van der Waals surface area (Å²) in [6.07, 6.45) is 7.76. The first kappa shape index (κ1) is 20.7. The fourth-order valence-corrected chi connectivity index (χ4v) is 2.90. The second-order valence-corrected chi connectivity index (χ2v) is 6.75. The number of rotatable bonds is 7. The van der Waals surface area contributed by atoms with Crippen molar-refractivity contribution in [3.63, 3.8) is 0 Å². The van der Waals surface area contributed by atoms with Crippen molar-refractivity contribution in [1.82, 2.24) is 0 Å². The molecule has 8 heteroatoms. The van der Waals surface area contributed by atoms with Crippen molar-refractivity contribution in [3.05, 3.63) is 78.4 Å². The monoisotopic (exact) mass is 407 g/mol. The summed E-state index contributed by atoms with van der Waals surface area (Å²) >= 11 is 0. The van der Waals surface area contributed by atoms with Crippen molar-refractivity contribution >= 4 is 23.5 Å². The number of carboxylic acids is 2. The van der Waals surface area contributed by atoms with Crippen molar-refractivity contribution in [1.29, 1.82) is 0 Å². The molecule has 0 bridgehead atoms. The number of nitrogens with one attached hydrogen (secondary N) is 1. The molecular weight excluding hydrogens is 386 g/mol. The van der Waals surface area contributed by atoms with Crippen LogP contribution >= 0.6 is 0 Å². The number of aromatic nitrogens is 2. The van der Waals surface area contributed by atoms with Gasteiger partial charge < -0.3 is 15.5 Å². The van der Waals surface area contributed by atoms with Crippen LogP contribution in [-0.2, 0) is 18.4 Å². The Balaban J connectivity index is 1.65. The summed E-state index contributed by atoms with van der Waals surface area (Å²) in [5.74, 6) is -2.86. The van der Waals surface area contributed by atoms with Gasteiger partial charge in [0.15, 0.2) is 31.3 Å². The minimum Gasteiger partial charge on any atom is -0.478 e. The summed E-state index contributed by atoms with van der Waals surface area (Å²) in [5, 5.41) is 20.8. The van der Waals surface area contributed by atoms with Crippen LogP contribution in [0.1, 0.15) is 27.1 Å². The van der Waals surface area contributed by atoms with E-state index in [1.807, 2.05) is 65.2 Å². The third-order valence-corrected chi connectivity index (χ3v) is 4.57. The second kappa shape index (κ2) is 8.95. The number of benzene rings is 1. The molecule has 1 amide bonds. The van der Waals surface area contributed by atoms with E-state index >= 15 is 0 Å². The van der Waals surface area contributed by atoms with Crippen LogP contribution < -0.4 is 14.5 Å². The molecule has 1 aromatic carbocycles. The van der Waals surface area contributed by atoms with E-state index in [0.717, 1.165) is 17.2 Å². The molecule has 2 heterocycles. The van der Waals surface area contributed by atoms with Gasteiger partial charge in [-0.15, -0.1) is 0 Å². The standard InChI is InChI=1S/C22H19N3O5/c1-24-9-4-15(5-10-24)16-6-11-25(12-7-16)13-8-20(26)23-19-14-17(21(27)28)2-3-18(19)22(29)30/h2-7,9-12,14H,8,13H2,1H3,(H-2,23,26,27,28,29,30)/p+2. The predicted molar refractivity (Wildman–Crippen MR) is 107 cm³/mol. The number of carbonyl (C=O) groups is 3. The van der Waals surface area contributed by atoms with Crippen LogP contribution in [-0.4, -0.2) is 28.1 Å². The van der Waals surface area contributed by atoms with Crippen LogP contribution in [0.3, 0.4) is 0 Å². The van der Waals surface area contributed by atoms with E-state index < -0.39 is 17.8 Å². The maximum atomic E-state index is 12.3. The number of carbonyl (C=O) groups excluding carboxylic acids is 1. The summed E-state index contributed by atoms with van der Waals surface area (Å²) in [4.78, 5) is 34.7. The molecule has 30 heavy (non-hydrogen) atoms. The molecule has 152 valence electrons. The molecule has 0 aliphatic carbocycles. The molecule has 0 spiro atoms. The fourth-order valence-electron chi connectivity index (χ4n) is 2.90. The molecule has 3 rings (SSSR count). The van der Waals surface area contributed by atoms with Crippen molar-refractivity contribution in [2.24, 2.45) is 7.05 Å². The highest BCUT2D eigenvalue weighted by Crippen LogP contribution is 2.19. The fraction of sp³-hybridized carbons (Fsp3) is 0.136. The van der Waals surface area contributed by atoms with Gasteiger partial charge in [-0.3, -0.25) is 4.79 Å². The lowest BCUT2D eigenvalue weighted by Crippen LogP contribution is -2.34. The molecule has 0 saturated carbocycles. The zero-order valence-corrected chi connectivity index (χ0v) is 16.3. The molecule has 0 fully saturated rings. The zero-order valence-electron chi connectivity index (χ0n) is 16.3. The van der Waals surface area contributed by atoms with Gasteiger partial charge in [0, 0.05) is 24.3 Å². The molecule has 8 nitrogen and oxygen atoms in total. The van der Waals surface area contributed by atoms with Gasteiger partial charge in [0.25, 0.3) is 0 Å². The molecule has 0 saturated heterocycles. The van der Waals surface area contributed by atoms with E-state index in [1.54, 1.807) is 0 Å². The molecule has 0 aliphatic heterocycles. The molecule has 3 aromatic rings. The molecule has 0 atom stereocenters. The number of aryl methyl sites for hydroxylation is 2. The quantitative estimate of drug-likeness (QED) is 0.518. The highest BCUT2D eigenvalue weighted by Gasteiger charge is 2.16. The lowest BCUT2D eigenvalue weighted by Gasteiger charge is -2.09. The van der Waals surface area contributed by atoms with Crippen LogP contribution in [0.4, 0.5) is 5.69 Å². The topological polar surface area (TPSA) is 111 Å². The van der Waals surface area contributed by atoms with E-state index in [1.165, 1.54) is 12.1 Å². The van der Waals surface area contributed by atoms with Gasteiger partial charge in [-0.05, 0) is 29.3 Å². The maximum Gasteiger partial charge on any atom is 0.337 e. The Labute approximate surface area is 172 Å². The summed E-state index contributed by atoms with van der Waals surface area (Å²) in [6, 6.07) is 11.4. The molecular formula is C22H21N3O5+2. The second-order valence-electron chi connectivity index (χ2n) is 6.75. The number of aromatic carboxylic acids is 2. The summed E-state index contributed by atoms with van der Waals surface area (Å²) < 4.78 is 3.80. The normalized spacial score (nSPS) is 10.4. The molecule has 0 unspecified atom stereocenters. The number of pyridine rings is 2. The van der Waals surface area contributed by atoms with Crippen molar-refractivity contribution < 1.29 is 33.7 Å². The number of nitrogens with zero attached hydrogens (tertiary/aromatic N) is 2. The SMILES string of the molecule is C[n+]1ccc(-c2cc[n+](CCC(=O)Nc3cc(C(=O)O)ccc3C(=O)O)cc2)cc1.